The summed E-state index contributed by atoms with van der Waals surface area (Å²) in [5.41, 5.74) is 0.904. The first-order valence-corrected chi connectivity index (χ1v) is 8.03. The maximum Gasteiger partial charge on any atom is 0.145 e. The molecular formula is C17H27FN2O. The van der Waals surface area contributed by atoms with E-state index in [0.717, 1.165) is 31.6 Å². The number of halogens is 1. The predicted octanol–water partition coefficient (Wildman–Crippen LogP) is 3.90. The highest BCUT2D eigenvalue weighted by Gasteiger charge is 2.19. The van der Waals surface area contributed by atoms with Crippen LogP contribution in [-0.2, 0) is 0 Å². The van der Waals surface area contributed by atoms with Crippen molar-refractivity contribution in [2.45, 2.75) is 52.1 Å². The molecule has 0 amide bonds. The van der Waals surface area contributed by atoms with Crippen LogP contribution in [0.5, 0.6) is 5.75 Å². The molecule has 1 N–H and O–H groups in total. The standard InChI is InChI=1S/C17H27FN2O/c1-4-21-17-12-14(18)7-8-16(17)19-15-6-5-10-20(11-9-15)13(2)3/h7-8,12-13,15,19H,4-6,9-11H2,1-3H3. The van der Waals surface area contributed by atoms with Gasteiger partial charge in [0.15, 0.2) is 0 Å². The van der Waals surface area contributed by atoms with Gasteiger partial charge < -0.3 is 15.0 Å². The van der Waals surface area contributed by atoms with E-state index in [9.17, 15) is 4.39 Å². The third kappa shape index (κ3) is 4.60. The van der Waals surface area contributed by atoms with Crippen LogP contribution in [0.25, 0.3) is 0 Å². The molecule has 2 rings (SSSR count). The van der Waals surface area contributed by atoms with Gasteiger partial charge in [0, 0.05) is 24.7 Å². The molecule has 1 aliphatic heterocycles. The highest BCUT2D eigenvalue weighted by Crippen LogP contribution is 2.28. The Labute approximate surface area is 127 Å². The summed E-state index contributed by atoms with van der Waals surface area (Å²) in [6.07, 6.45) is 3.45. The summed E-state index contributed by atoms with van der Waals surface area (Å²) < 4.78 is 18.9. The highest BCUT2D eigenvalue weighted by atomic mass is 19.1. The summed E-state index contributed by atoms with van der Waals surface area (Å²) in [6, 6.07) is 5.77. The largest absolute Gasteiger partial charge is 0.492 e. The second-order valence-electron chi connectivity index (χ2n) is 5.98. The molecule has 0 aromatic heterocycles. The van der Waals surface area contributed by atoms with Crippen molar-refractivity contribution in [2.24, 2.45) is 0 Å². The Morgan fingerprint density at radius 3 is 2.86 bits per heavy atom. The lowest BCUT2D eigenvalue weighted by atomic mass is 10.1. The van der Waals surface area contributed by atoms with Crippen molar-refractivity contribution in [2.75, 3.05) is 25.0 Å². The molecule has 0 aliphatic carbocycles. The zero-order chi connectivity index (χ0) is 15.2. The molecule has 1 atom stereocenters. The number of nitrogens with one attached hydrogen (secondary N) is 1. The van der Waals surface area contributed by atoms with Crippen LogP contribution in [0.2, 0.25) is 0 Å². The Morgan fingerprint density at radius 1 is 1.33 bits per heavy atom. The summed E-state index contributed by atoms with van der Waals surface area (Å²) in [6.45, 7) is 9.24. The Morgan fingerprint density at radius 2 is 2.14 bits per heavy atom. The first kappa shape index (κ1) is 16.1. The van der Waals surface area contributed by atoms with E-state index in [1.54, 1.807) is 6.07 Å². The topological polar surface area (TPSA) is 24.5 Å². The summed E-state index contributed by atoms with van der Waals surface area (Å²) in [5.74, 6) is 0.360. The fourth-order valence-corrected chi connectivity index (χ4v) is 2.89. The third-order valence-corrected chi connectivity index (χ3v) is 4.10. The van der Waals surface area contributed by atoms with E-state index >= 15 is 0 Å². The van der Waals surface area contributed by atoms with Gasteiger partial charge in [0.05, 0.1) is 12.3 Å². The number of ether oxygens (including phenoxy) is 1. The second-order valence-corrected chi connectivity index (χ2v) is 5.98. The smallest absolute Gasteiger partial charge is 0.145 e. The number of benzene rings is 1. The Kier molecular flexibility index (Phi) is 5.85. The number of hydrogen-bond donors (Lipinski definition) is 1. The van der Waals surface area contributed by atoms with Crippen LogP contribution in [0.4, 0.5) is 10.1 Å². The maximum atomic E-state index is 13.3. The minimum atomic E-state index is -0.254. The van der Waals surface area contributed by atoms with Gasteiger partial charge in [-0.1, -0.05) is 0 Å². The molecule has 4 heteroatoms. The van der Waals surface area contributed by atoms with Gasteiger partial charge in [-0.2, -0.15) is 0 Å². The molecule has 1 aromatic carbocycles. The molecule has 21 heavy (non-hydrogen) atoms. The fraction of sp³-hybridized carbons (Fsp3) is 0.647. The maximum absolute atomic E-state index is 13.3. The molecule has 118 valence electrons. The fourth-order valence-electron chi connectivity index (χ4n) is 2.89. The van der Waals surface area contributed by atoms with Crippen molar-refractivity contribution in [1.82, 2.24) is 4.90 Å². The molecule has 0 spiro atoms. The monoisotopic (exact) mass is 294 g/mol. The van der Waals surface area contributed by atoms with Gasteiger partial charge in [-0.25, -0.2) is 4.39 Å². The van der Waals surface area contributed by atoms with E-state index in [2.05, 4.69) is 24.1 Å². The number of likely N-dealkylation sites (tertiary alicyclic amines) is 1. The number of anilines is 1. The van der Waals surface area contributed by atoms with Gasteiger partial charge in [0.25, 0.3) is 0 Å². The molecule has 3 nitrogen and oxygen atoms in total. The number of nitrogens with zero attached hydrogens (tertiary/aromatic N) is 1. The van der Waals surface area contributed by atoms with E-state index in [-0.39, 0.29) is 5.82 Å². The number of rotatable bonds is 5. The summed E-state index contributed by atoms with van der Waals surface area (Å²) in [7, 11) is 0. The minimum Gasteiger partial charge on any atom is -0.492 e. The van der Waals surface area contributed by atoms with Gasteiger partial charge in [-0.3, -0.25) is 0 Å². The van der Waals surface area contributed by atoms with Crippen LogP contribution in [0.3, 0.4) is 0 Å². The Hall–Kier alpha value is -1.29. The van der Waals surface area contributed by atoms with Crippen LogP contribution in [-0.4, -0.2) is 36.7 Å². The summed E-state index contributed by atoms with van der Waals surface area (Å²) >= 11 is 0. The molecule has 1 heterocycles. The Bertz CT molecular complexity index is 450. The number of hydrogen-bond acceptors (Lipinski definition) is 3. The van der Waals surface area contributed by atoms with Gasteiger partial charge in [0.1, 0.15) is 11.6 Å². The molecule has 0 bridgehead atoms. The molecule has 0 saturated carbocycles. The van der Waals surface area contributed by atoms with E-state index in [1.165, 1.54) is 18.6 Å². The van der Waals surface area contributed by atoms with E-state index in [4.69, 9.17) is 4.74 Å². The molecular weight excluding hydrogens is 267 g/mol. The van der Waals surface area contributed by atoms with Crippen molar-refractivity contribution < 1.29 is 9.13 Å². The van der Waals surface area contributed by atoms with Crippen LogP contribution in [0, 0.1) is 5.82 Å². The van der Waals surface area contributed by atoms with E-state index in [1.807, 2.05) is 6.92 Å². The van der Waals surface area contributed by atoms with Crippen LogP contribution >= 0.6 is 0 Å². The second kappa shape index (κ2) is 7.64. The molecule has 0 radical (unpaired) electrons. The van der Waals surface area contributed by atoms with Crippen LogP contribution in [0.1, 0.15) is 40.0 Å². The molecule has 1 aliphatic rings. The first-order chi connectivity index (χ1) is 10.1. The SMILES string of the molecule is CCOc1cc(F)ccc1NC1CCCN(C(C)C)CC1. The molecule has 1 aromatic rings. The zero-order valence-corrected chi connectivity index (χ0v) is 13.4. The van der Waals surface area contributed by atoms with Gasteiger partial charge in [-0.15, -0.1) is 0 Å². The Balaban J connectivity index is 2.01. The zero-order valence-electron chi connectivity index (χ0n) is 13.4. The normalized spacial score (nSPS) is 20.3. The lowest BCUT2D eigenvalue weighted by molar-refractivity contribution is 0.230. The lowest BCUT2D eigenvalue weighted by Gasteiger charge is -2.24. The van der Waals surface area contributed by atoms with E-state index in [0.29, 0.717) is 24.4 Å². The average molecular weight is 294 g/mol. The van der Waals surface area contributed by atoms with Crippen molar-refractivity contribution in [3.8, 4) is 5.75 Å². The van der Waals surface area contributed by atoms with E-state index < -0.39 is 0 Å². The summed E-state index contributed by atoms with van der Waals surface area (Å²) in [4.78, 5) is 2.52. The lowest BCUT2D eigenvalue weighted by Crippen LogP contribution is -2.32. The molecule has 1 saturated heterocycles. The summed E-state index contributed by atoms with van der Waals surface area (Å²) in [5, 5.41) is 3.54. The van der Waals surface area contributed by atoms with Crippen molar-refractivity contribution >= 4 is 5.69 Å². The quantitative estimate of drug-likeness (QED) is 0.891. The van der Waals surface area contributed by atoms with Gasteiger partial charge >= 0.3 is 0 Å². The van der Waals surface area contributed by atoms with Crippen LogP contribution < -0.4 is 10.1 Å². The minimum absolute atomic E-state index is 0.254. The van der Waals surface area contributed by atoms with Crippen LogP contribution in [0.15, 0.2) is 18.2 Å². The first-order valence-electron chi connectivity index (χ1n) is 8.03. The van der Waals surface area contributed by atoms with Crippen molar-refractivity contribution in [3.05, 3.63) is 24.0 Å². The van der Waals surface area contributed by atoms with Gasteiger partial charge in [0.2, 0.25) is 0 Å². The highest BCUT2D eigenvalue weighted by molar-refractivity contribution is 5.57. The van der Waals surface area contributed by atoms with Gasteiger partial charge in [-0.05, 0) is 58.7 Å². The average Bonchev–Trinajstić information content (AvgIpc) is 2.68. The van der Waals surface area contributed by atoms with Crippen molar-refractivity contribution in [1.29, 1.82) is 0 Å². The predicted molar refractivity (Wildman–Crippen MR) is 85.5 cm³/mol. The molecule has 1 fully saturated rings. The van der Waals surface area contributed by atoms with Crippen molar-refractivity contribution in [3.63, 3.8) is 0 Å². The molecule has 1 unspecified atom stereocenters. The third-order valence-electron chi connectivity index (χ3n) is 4.10.